The van der Waals surface area contributed by atoms with Gasteiger partial charge in [0.2, 0.25) is 5.82 Å². The third kappa shape index (κ3) is 4.05. The van der Waals surface area contributed by atoms with E-state index in [-0.39, 0.29) is 6.03 Å². The first-order valence-electron chi connectivity index (χ1n) is 10.4. The van der Waals surface area contributed by atoms with Crippen LogP contribution in [0.15, 0.2) is 70.2 Å². The first-order valence-corrected chi connectivity index (χ1v) is 11.7. The number of nitrogens with zero attached hydrogens (tertiary/aromatic N) is 3. The van der Waals surface area contributed by atoms with Crippen molar-refractivity contribution in [3.8, 4) is 10.7 Å². The summed E-state index contributed by atoms with van der Waals surface area (Å²) in [5.74, 6) is 0.871. The molecule has 5 rings (SSSR count). The van der Waals surface area contributed by atoms with Crippen molar-refractivity contribution in [1.29, 1.82) is 0 Å². The number of hydrogen-bond donors (Lipinski definition) is 1. The number of halogens is 1. The summed E-state index contributed by atoms with van der Waals surface area (Å²) in [6, 6.07) is 16.6. The number of urea groups is 1. The van der Waals surface area contributed by atoms with Crippen LogP contribution in [-0.4, -0.2) is 16.2 Å². The number of aromatic nitrogens is 2. The topological polar surface area (TPSA) is 71.3 Å². The van der Waals surface area contributed by atoms with Gasteiger partial charge in [-0.15, -0.1) is 11.3 Å². The van der Waals surface area contributed by atoms with Crippen LogP contribution in [0.3, 0.4) is 0 Å². The number of amides is 2. The molecule has 3 heterocycles. The lowest BCUT2D eigenvalue weighted by Crippen LogP contribution is -2.46. The molecule has 2 aromatic heterocycles. The monoisotopic (exact) mass is 476 g/mol. The van der Waals surface area contributed by atoms with E-state index >= 15 is 0 Å². The number of anilines is 1. The Morgan fingerprint density at radius 2 is 1.85 bits per heavy atom. The number of nitrogens with one attached hydrogen (secondary N) is 1. The first kappa shape index (κ1) is 21.4. The Hall–Kier alpha value is -3.42. The second-order valence-electron chi connectivity index (χ2n) is 8.02. The largest absolute Gasteiger partial charge is 0.334 e. The molecule has 4 aromatic rings. The number of carbonyl (C=O) groups excluding carboxylic acids is 1. The van der Waals surface area contributed by atoms with Crippen molar-refractivity contribution in [3.05, 3.63) is 93.3 Å². The van der Waals surface area contributed by atoms with Crippen LogP contribution in [0.25, 0.3) is 16.3 Å². The van der Waals surface area contributed by atoms with Crippen LogP contribution in [0, 0.1) is 13.8 Å². The maximum atomic E-state index is 13.3. The molecule has 1 aliphatic heterocycles. The van der Waals surface area contributed by atoms with E-state index in [9.17, 15) is 4.79 Å². The molecule has 1 atom stereocenters. The average Bonchev–Trinajstić information content (AvgIpc) is 3.45. The number of benzene rings is 2. The predicted octanol–water partition coefficient (Wildman–Crippen LogP) is 6.77. The minimum Gasteiger partial charge on any atom is -0.334 e. The summed E-state index contributed by atoms with van der Waals surface area (Å²) in [5.41, 5.74) is 5.20. The van der Waals surface area contributed by atoms with Gasteiger partial charge in [-0.3, -0.25) is 4.90 Å². The summed E-state index contributed by atoms with van der Waals surface area (Å²) in [6.07, 6.45) is 0. The molecule has 0 aliphatic carbocycles. The van der Waals surface area contributed by atoms with Gasteiger partial charge in [0.1, 0.15) is 0 Å². The number of hydrogen-bond acceptors (Lipinski definition) is 5. The average molecular weight is 477 g/mol. The number of allylic oxidation sites excluding steroid dienone is 1. The van der Waals surface area contributed by atoms with E-state index in [0.29, 0.717) is 16.7 Å². The summed E-state index contributed by atoms with van der Waals surface area (Å²) in [7, 11) is 0. The number of thiophene rings is 1. The molecule has 8 heteroatoms. The van der Waals surface area contributed by atoms with Crippen molar-refractivity contribution in [3.63, 3.8) is 0 Å². The molecule has 6 nitrogen and oxygen atoms in total. The molecule has 1 N–H and O–H groups in total. The molecule has 1 aliphatic rings. The summed E-state index contributed by atoms with van der Waals surface area (Å²) in [4.78, 5) is 20.6. The minimum atomic E-state index is -0.491. The van der Waals surface area contributed by atoms with E-state index in [2.05, 4.69) is 21.5 Å². The highest BCUT2D eigenvalue weighted by molar-refractivity contribution is 7.13. The maximum Gasteiger partial charge on any atom is 0.326 e. The minimum absolute atomic E-state index is 0.232. The molecule has 0 saturated carbocycles. The Labute approximate surface area is 200 Å². The van der Waals surface area contributed by atoms with Crippen LogP contribution >= 0.6 is 22.9 Å². The van der Waals surface area contributed by atoms with E-state index in [1.54, 1.807) is 11.0 Å². The smallest absolute Gasteiger partial charge is 0.326 e. The van der Waals surface area contributed by atoms with E-state index in [1.165, 1.54) is 11.3 Å². The van der Waals surface area contributed by atoms with Crippen molar-refractivity contribution >= 4 is 40.2 Å². The van der Waals surface area contributed by atoms with E-state index in [4.69, 9.17) is 16.1 Å². The van der Waals surface area contributed by atoms with Crippen molar-refractivity contribution in [2.75, 3.05) is 4.90 Å². The zero-order chi connectivity index (χ0) is 23.1. The van der Waals surface area contributed by atoms with Crippen molar-refractivity contribution < 1.29 is 9.32 Å². The van der Waals surface area contributed by atoms with Gasteiger partial charge in [-0.05, 0) is 73.2 Å². The van der Waals surface area contributed by atoms with Gasteiger partial charge in [-0.2, -0.15) is 4.98 Å². The summed E-state index contributed by atoms with van der Waals surface area (Å²) in [6.45, 7) is 5.93. The van der Waals surface area contributed by atoms with Crippen LogP contribution in [0.4, 0.5) is 10.5 Å². The zero-order valence-corrected chi connectivity index (χ0v) is 19.9. The Kier molecular flexibility index (Phi) is 5.52. The number of aryl methyl sites for hydroxylation is 2. The highest BCUT2D eigenvalue weighted by Gasteiger charge is 2.36. The molecule has 0 saturated heterocycles. The van der Waals surface area contributed by atoms with Gasteiger partial charge in [-0.1, -0.05) is 41.0 Å². The molecule has 0 spiro atoms. The highest BCUT2D eigenvalue weighted by Crippen LogP contribution is 2.40. The molecule has 2 aromatic carbocycles. The van der Waals surface area contributed by atoms with Crippen LogP contribution < -0.4 is 10.2 Å². The van der Waals surface area contributed by atoms with Gasteiger partial charge in [0.05, 0.1) is 22.2 Å². The standard InChI is InChI=1S/C25H21ClN4O2S/c1-14-10-15(2)12-19(11-14)30-16(3)21(24-28-23(29-32-24)20-8-5-9-33-20)22(27-25(30)31)17-6-4-7-18(26)13-17/h4-13,22H,1-3H3,(H,27,31). The van der Waals surface area contributed by atoms with Gasteiger partial charge in [0, 0.05) is 10.7 Å². The molecule has 0 fully saturated rings. The summed E-state index contributed by atoms with van der Waals surface area (Å²) >= 11 is 7.81. The van der Waals surface area contributed by atoms with Crippen LogP contribution in [0.1, 0.15) is 35.5 Å². The summed E-state index contributed by atoms with van der Waals surface area (Å²) in [5, 5.41) is 9.86. The first-order chi connectivity index (χ1) is 15.9. The van der Waals surface area contributed by atoms with E-state index < -0.39 is 6.04 Å². The molecular formula is C25H21ClN4O2S. The highest BCUT2D eigenvalue weighted by atomic mass is 35.5. The Bertz CT molecular complexity index is 1360. The zero-order valence-electron chi connectivity index (χ0n) is 18.3. The van der Waals surface area contributed by atoms with Crippen LogP contribution in [-0.2, 0) is 0 Å². The molecular weight excluding hydrogens is 456 g/mol. The third-order valence-electron chi connectivity index (χ3n) is 5.53. The van der Waals surface area contributed by atoms with E-state index in [1.807, 2.05) is 68.6 Å². The predicted molar refractivity (Wildman–Crippen MR) is 131 cm³/mol. The van der Waals surface area contributed by atoms with E-state index in [0.717, 1.165) is 38.5 Å². The molecule has 0 radical (unpaired) electrons. The fraction of sp³-hybridized carbons (Fsp3) is 0.160. The van der Waals surface area contributed by atoms with Crippen molar-refractivity contribution in [2.45, 2.75) is 26.8 Å². The number of rotatable bonds is 4. The van der Waals surface area contributed by atoms with Gasteiger partial charge >= 0.3 is 6.03 Å². The second kappa shape index (κ2) is 8.50. The van der Waals surface area contributed by atoms with Gasteiger partial charge in [0.25, 0.3) is 5.89 Å². The number of carbonyl (C=O) groups is 1. The van der Waals surface area contributed by atoms with Gasteiger partial charge in [0.15, 0.2) is 0 Å². The molecule has 2 amide bonds. The lowest BCUT2D eigenvalue weighted by molar-refractivity contribution is 0.244. The fourth-order valence-electron chi connectivity index (χ4n) is 4.19. The van der Waals surface area contributed by atoms with Crippen LogP contribution in [0.2, 0.25) is 5.02 Å². The molecule has 0 bridgehead atoms. The molecule has 1 unspecified atom stereocenters. The lowest BCUT2D eigenvalue weighted by atomic mass is 9.94. The maximum absolute atomic E-state index is 13.3. The SMILES string of the molecule is CC1=C(c2nc(-c3cccs3)no2)C(c2cccc(Cl)c2)NC(=O)N1c1cc(C)cc(C)c1. The summed E-state index contributed by atoms with van der Waals surface area (Å²) < 4.78 is 5.72. The third-order valence-corrected chi connectivity index (χ3v) is 6.63. The molecule has 166 valence electrons. The van der Waals surface area contributed by atoms with Gasteiger partial charge < -0.3 is 9.84 Å². The lowest BCUT2D eigenvalue weighted by Gasteiger charge is -2.35. The molecule has 33 heavy (non-hydrogen) atoms. The second-order valence-corrected chi connectivity index (χ2v) is 9.40. The fourth-order valence-corrected chi connectivity index (χ4v) is 5.03. The van der Waals surface area contributed by atoms with Crippen molar-refractivity contribution in [2.24, 2.45) is 0 Å². The van der Waals surface area contributed by atoms with Gasteiger partial charge in [-0.25, -0.2) is 4.79 Å². The Morgan fingerprint density at radius 3 is 2.55 bits per heavy atom. The van der Waals surface area contributed by atoms with Crippen molar-refractivity contribution in [1.82, 2.24) is 15.5 Å². The quantitative estimate of drug-likeness (QED) is 0.352. The Balaban J connectivity index is 1.69. The van der Waals surface area contributed by atoms with Crippen LogP contribution in [0.5, 0.6) is 0 Å². The normalized spacial score (nSPS) is 16.3. The Morgan fingerprint density at radius 1 is 1.06 bits per heavy atom.